The first-order valence-corrected chi connectivity index (χ1v) is 9.81. The Morgan fingerprint density at radius 1 is 1.12 bits per heavy atom. The highest BCUT2D eigenvalue weighted by Crippen LogP contribution is 2.42. The van der Waals surface area contributed by atoms with E-state index in [2.05, 4.69) is 0 Å². The lowest BCUT2D eigenvalue weighted by molar-refractivity contribution is -0.139. The molecule has 1 atom stereocenters. The number of carbonyl (C=O) groups excluding carboxylic acids is 2. The second-order valence-electron chi connectivity index (χ2n) is 6.78. The molecule has 0 saturated carbocycles. The Balaban J connectivity index is 2.03. The molecule has 2 aromatic carbocycles. The molecule has 1 aliphatic rings. The van der Waals surface area contributed by atoms with E-state index in [1.54, 1.807) is 56.3 Å². The van der Waals surface area contributed by atoms with Crippen molar-refractivity contribution in [2.24, 2.45) is 5.73 Å². The Bertz CT molecular complexity index is 1140. The van der Waals surface area contributed by atoms with Gasteiger partial charge in [0.2, 0.25) is 5.88 Å². The third-order valence-electron chi connectivity index (χ3n) is 4.83. The molecule has 8 nitrogen and oxygen atoms in total. The third-order valence-corrected chi connectivity index (χ3v) is 4.83. The van der Waals surface area contributed by atoms with Crippen molar-refractivity contribution in [1.29, 1.82) is 5.26 Å². The van der Waals surface area contributed by atoms with Crippen LogP contribution in [0, 0.1) is 11.3 Å². The number of nitriles is 1. The number of esters is 2. The molecule has 0 spiro atoms. The first-order chi connectivity index (χ1) is 15.4. The molecule has 32 heavy (non-hydrogen) atoms. The molecule has 0 aromatic heterocycles. The number of carbonyl (C=O) groups is 2. The largest absolute Gasteiger partial charge is 0.493 e. The summed E-state index contributed by atoms with van der Waals surface area (Å²) >= 11 is 0. The summed E-state index contributed by atoms with van der Waals surface area (Å²) in [4.78, 5) is 25.1. The number of benzene rings is 2. The van der Waals surface area contributed by atoms with Crippen LogP contribution >= 0.6 is 0 Å². The molecule has 1 unspecified atom stereocenters. The summed E-state index contributed by atoms with van der Waals surface area (Å²) in [6.45, 7) is 3.41. The average molecular weight is 434 g/mol. The molecule has 1 heterocycles. The molecule has 2 N–H and O–H groups in total. The molecule has 0 bridgehead atoms. The SMILES string of the molecule is CCOC(=O)C1=C(C)OC(N)=C(C#N)C1c1ccc(OC(=O)c2ccccc2)c(OC)c1. The summed E-state index contributed by atoms with van der Waals surface area (Å²) in [7, 11) is 1.42. The first kappa shape index (κ1) is 22.4. The molecule has 0 amide bonds. The van der Waals surface area contributed by atoms with Gasteiger partial charge in [-0.1, -0.05) is 24.3 Å². The van der Waals surface area contributed by atoms with Crippen LogP contribution in [0.2, 0.25) is 0 Å². The molecular weight excluding hydrogens is 412 g/mol. The minimum absolute atomic E-state index is 0.0646. The highest BCUT2D eigenvalue weighted by molar-refractivity contribution is 5.93. The summed E-state index contributed by atoms with van der Waals surface area (Å²) in [6.07, 6.45) is 0. The molecule has 0 saturated heterocycles. The van der Waals surface area contributed by atoms with Crippen molar-refractivity contribution in [2.45, 2.75) is 19.8 Å². The maximum Gasteiger partial charge on any atom is 0.343 e. The highest BCUT2D eigenvalue weighted by Gasteiger charge is 2.36. The van der Waals surface area contributed by atoms with Crippen LogP contribution in [-0.4, -0.2) is 25.7 Å². The molecule has 1 aliphatic heterocycles. The molecule has 0 fully saturated rings. The summed E-state index contributed by atoms with van der Waals surface area (Å²) in [6, 6.07) is 15.3. The second kappa shape index (κ2) is 9.71. The van der Waals surface area contributed by atoms with Crippen molar-refractivity contribution < 1.29 is 28.5 Å². The van der Waals surface area contributed by atoms with Gasteiger partial charge in [0.1, 0.15) is 17.4 Å². The Morgan fingerprint density at radius 2 is 1.84 bits per heavy atom. The van der Waals surface area contributed by atoms with E-state index in [4.69, 9.17) is 24.7 Å². The van der Waals surface area contributed by atoms with Crippen molar-refractivity contribution >= 4 is 11.9 Å². The normalized spacial score (nSPS) is 15.5. The minimum atomic E-state index is -0.833. The Hall–Kier alpha value is -4.25. The molecule has 8 heteroatoms. The lowest BCUT2D eigenvalue weighted by Crippen LogP contribution is -2.25. The highest BCUT2D eigenvalue weighted by atomic mass is 16.6. The van der Waals surface area contributed by atoms with Gasteiger partial charge in [0.05, 0.1) is 30.8 Å². The average Bonchev–Trinajstić information content (AvgIpc) is 2.79. The van der Waals surface area contributed by atoms with Gasteiger partial charge in [-0.25, -0.2) is 9.59 Å². The number of hydrogen-bond acceptors (Lipinski definition) is 8. The van der Waals surface area contributed by atoms with Gasteiger partial charge in [0.15, 0.2) is 11.5 Å². The van der Waals surface area contributed by atoms with Crippen molar-refractivity contribution in [3.63, 3.8) is 0 Å². The van der Waals surface area contributed by atoms with Gasteiger partial charge in [0, 0.05) is 0 Å². The van der Waals surface area contributed by atoms with Gasteiger partial charge in [0.25, 0.3) is 0 Å². The van der Waals surface area contributed by atoms with Crippen molar-refractivity contribution in [2.75, 3.05) is 13.7 Å². The summed E-state index contributed by atoms with van der Waals surface area (Å²) in [5.74, 6) is -1.42. The van der Waals surface area contributed by atoms with E-state index < -0.39 is 17.9 Å². The van der Waals surface area contributed by atoms with Crippen LogP contribution in [0.15, 0.2) is 71.3 Å². The lowest BCUT2D eigenvalue weighted by Gasteiger charge is -2.27. The summed E-state index contributed by atoms with van der Waals surface area (Å²) in [5, 5.41) is 9.69. The van der Waals surface area contributed by atoms with E-state index in [1.165, 1.54) is 13.2 Å². The standard InChI is InChI=1S/C24H22N2O6/c1-4-30-24(28)20-14(2)31-22(26)17(13-25)21(20)16-10-11-18(19(12-16)29-3)32-23(27)15-8-6-5-7-9-15/h5-12,21H,4,26H2,1-3H3. The fourth-order valence-electron chi connectivity index (χ4n) is 3.37. The van der Waals surface area contributed by atoms with E-state index in [1.807, 2.05) is 6.07 Å². The van der Waals surface area contributed by atoms with Gasteiger partial charge in [-0.05, 0) is 43.7 Å². The van der Waals surface area contributed by atoms with E-state index in [9.17, 15) is 14.9 Å². The van der Waals surface area contributed by atoms with Crippen LogP contribution < -0.4 is 15.2 Å². The maximum absolute atomic E-state index is 12.7. The molecule has 2 aromatic rings. The predicted molar refractivity (Wildman–Crippen MR) is 114 cm³/mol. The summed E-state index contributed by atoms with van der Waals surface area (Å²) in [5.41, 5.74) is 7.05. The van der Waals surface area contributed by atoms with Gasteiger partial charge in [-0.2, -0.15) is 5.26 Å². The quantitative estimate of drug-likeness (QED) is 0.541. The maximum atomic E-state index is 12.7. The summed E-state index contributed by atoms with van der Waals surface area (Å²) < 4.78 is 21.5. The zero-order valence-electron chi connectivity index (χ0n) is 17.9. The third kappa shape index (κ3) is 4.42. The zero-order chi connectivity index (χ0) is 23.3. The predicted octanol–water partition coefficient (Wildman–Crippen LogP) is 3.56. The molecule has 0 radical (unpaired) electrons. The molecule has 164 valence electrons. The topological polar surface area (TPSA) is 121 Å². The fourth-order valence-corrected chi connectivity index (χ4v) is 3.37. The minimum Gasteiger partial charge on any atom is -0.493 e. The smallest absolute Gasteiger partial charge is 0.343 e. The molecule has 0 aliphatic carbocycles. The van der Waals surface area contributed by atoms with Crippen LogP contribution in [-0.2, 0) is 14.3 Å². The lowest BCUT2D eigenvalue weighted by atomic mass is 9.83. The van der Waals surface area contributed by atoms with E-state index in [-0.39, 0.29) is 40.9 Å². The van der Waals surface area contributed by atoms with Crippen molar-refractivity contribution in [1.82, 2.24) is 0 Å². The van der Waals surface area contributed by atoms with Crippen LogP contribution in [0.3, 0.4) is 0 Å². The van der Waals surface area contributed by atoms with Gasteiger partial charge < -0.3 is 24.7 Å². The number of hydrogen-bond donors (Lipinski definition) is 1. The fraction of sp³-hybridized carbons (Fsp3) is 0.208. The van der Waals surface area contributed by atoms with Crippen LogP contribution in [0.5, 0.6) is 11.5 Å². The Kier molecular flexibility index (Phi) is 6.80. The van der Waals surface area contributed by atoms with Crippen LogP contribution in [0.25, 0.3) is 0 Å². The van der Waals surface area contributed by atoms with Gasteiger partial charge >= 0.3 is 11.9 Å². The van der Waals surface area contributed by atoms with Gasteiger partial charge in [-0.15, -0.1) is 0 Å². The first-order valence-electron chi connectivity index (χ1n) is 9.81. The number of nitrogens with zero attached hydrogens (tertiary/aromatic N) is 1. The second-order valence-corrected chi connectivity index (χ2v) is 6.78. The number of methoxy groups -OCH3 is 1. The number of nitrogens with two attached hydrogens (primary N) is 1. The zero-order valence-corrected chi connectivity index (χ0v) is 17.9. The molecule has 3 rings (SSSR count). The number of ether oxygens (including phenoxy) is 4. The monoisotopic (exact) mass is 434 g/mol. The van der Waals surface area contributed by atoms with E-state index >= 15 is 0 Å². The number of allylic oxidation sites excluding steroid dienone is 2. The number of rotatable bonds is 6. The Labute approximate surface area is 185 Å². The van der Waals surface area contributed by atoms with Gasteiger partial charge in [-0.3, -0.25) is 0 Å². The van der Waals surface area contributed by atoms with Crippen molar-refractivity contribution in [3.05, 3.63) is 82.4 Å². The van der Waals surface area contributed by atoms with Crippen LogP contribution in [0.4, 0.5) is 0 Å². The molecular formula is C24H22N2O6. The van der Waals surface area contributed by atoms with Crippen molar-refractivity contribution in [3.8, 4) is 17.6 Å². The van der Waals surface area contributed by atoms with E-state index in [0.29, 0.717) is 11.1 Å². The van der Waals surface area contributed by atoms with Crippen LogP contribution in [0.1, 0.15) is 35.7 Å². The van der Waals surface area contributed by atoms with E-state index in [0.717, 1.165) is 0 Å². The Morgan fingerprint density at radius 3 is 2.47 bits per heavy atom.